The maximum atomic E-state index is 13.2. The molecule has 0 aromatic carbocycles. The number of nitrogens with two attached hydrogens (primary N) is 1. The van der Waals surface area contributed by atoms with Crippen LogP contribution in [0.15, 0.2) is 17.4 Å². The van der Waals surface area contributed by atoms with Crippen LogP contribution in [0.2, 0.25) is 0 Å². The summed E-state index contributed by atoms with van der Waals surface area (Å²) in [4.78, 5) is 30.3. The first-order chi connectivity index (χ1) is 13.4. The summed E-state index contributed by atoms with van der Waals surface area (Å²) >= 11 is 0. The highest BCUT2D eigenvalue weighted by molar-refractivity contribution is 5.71. The zero-order valence-corrected chi connectivity index (χ0v) is 17.9. The van der Waals surface area contributed by atoms with Gasteiger partial charge in [-0.3, -0.25) is 9.69 Å². The van der Waals surface area contributed by atoms with Crippen molar-refractivity contribution in [3.63, 3.8) is 0 Å². The number of rotatable bonds is 3. The van der Waals surface area contributed by atoms with E-state index in [1.165, 1.54) is 0 Å². The number of anilines is 1. The summed E-state index contributed by atoms with van der Waals surface area (Å²) < 4.78 is 18.0. The van der Waals surface area contributed by atoms with E-state index in [9.17, 15) is 9.59 Å². The minimum absolute atomic E-state index is 0.225. The molecular formula is C21H31N3O5. The van der Waals surface area contributed by atoms with Crippen molar-refractivity contribution in [3.8, 4) is 0 Å². The Morgan fingerprint density at radius 3 is 2.55 bits per heavy atom. The number of pyridine rings is 1. The minimum Gasteiger partial charge on any atom is -0.444 e. The van der Waals surface area contributed by atoms with Crippen LogP contribution in [0.3, 0.4) is 0 Å². The van der Waals surface area contributed by atoms with E-state index in [-0.39, 0.29) is 23.5 Å². The second-order valence-electron chi connectivity index (χ2n) is 9.00. The van der Waals surface area contributed by atoms with Crippen molar-refractivity contribution >= 4 is 18.0 Å². The van der Waals surface area contributed by atoms with E-state index >= 15 is 0 Å². The quantitative estimate of drug-likeness (QED) is 0.800. The molecule has 4 atom stereocenters. The lowest BCUT2D eigenvalue weighted by molar-refractivity contribution is -0.167. The molecule has 2 aliphatic rings. The Bertz CT molecular complexity index is 870. The number of ether oxygens (including phenoxy) is 3. The molecular weight excluding hydrogens is 374 g/mol. The predicted octanol–water partition coefficient (Wildman–Crippen LogP) is 3.19. The third-order valence-electron chi connectivity index (χ3n) is 5.20. The molecule has 0 aliphatic carbocycles. The van der Waals surface area contributed by atoms with Crippen LogP contribution < -0.4 is 11.3 Å². The van der Waals surface area contributed by atoms with Crippen molar-refractivity contribution in [2.45, 2.75) is 83.6 Å². The molecule has 3 heterocycles. The standard InChI is InChI=1S/C21H31N3O5/c1-8-11-10-12(18(25)23-17(11)22)14-16-15(27-21(6,7)28-16)13(9-2)24(14)19(26)29-20(3,4)5/h8,10,13-16H,1,9H2,2-7H3,(H3,22,23,25)/t13-,14?,15-,16+/m1/s1. The van der Waals surface area contributed by atoms with Crippen molar-refractivity contribution in [2.24, 2.45) is 0 Å². The molecule has 1 aromatic heterocycles. The molecule has 3 N–H and O–H groups in total. The molecule has 0 saturated carbocycles. The van der Waals surface area contributed by atoms with Crippen LogP contribution >= 0.6 is 0 Å². The second-order valence-corrected chi connectivity index (χ2v) is 9.00. The number of carbonyl (C=O) groups excluding carboxylic acids is 1. The molecule has 1 amide bonds. The average Bonchev–Trinajstić information content (AvgIpc) is 3.03. The van der Waals surface area contributed by atoms with Gasteiger partial charge in [0.05, 0.1) is 12.1 Å². The molecule has 29 heavy (non-hydrogen) atoms. The number of H-pyrrole nitrogens is 1. The van der Waals surface area contributed by atoms with Gasteiger partial charge in [-0.05, 0) is 47.1 Å². The van der Waals surface area contributed by atoms with E-state index < -0.39 is 29.6 Å². The number of likely N-dealkylation sites (tertiary alicyclic amines) is 1. The van der Waals surface area contributed by atoms with Crippen molar-refractivity contribution in [3.05, 3.63) is 34.1 Å². The fourth-order valence-electron chi connectivity index (χ4n) is 4.17. The van der Waals surface area contributed by atoms with E-state index in [4.69, 9.17) is 19.9 Å². The first kappa shape index (κ1) is 21.4. The number of hydrogen-bond acceptors (Lipinski definition) is 6. The lowest BCUT2D eigenvalue weighted by Crippen LogP contribution is -2.46. The Morgan fingerprint density at radius 1 is 1.38 bits per heavy atom. The van der Waals surface area contributed by atoms with E-state index in [2.05, 4.69) is 11.6 Å². The van der Waals surface area contributed by atoms with Crippen molar-refractivity contribution in [1.29, 1.82) is 0 Å². The van der Waals surface area contributed by atoms with E-state index in [1.54, 1.807) is 37.8 Å². The van der Waals surface area contributed by atoms with Crippen LogP contribution in [0.25, 0.3) is 6.08 Å². The first-order valence-electron chi connectivity index (χ1n) is 9.90. The van der Waals surface area contributed by atoms with Crippen LogP contribution in [0.4, 0.5) is 10.6 Å². The van der Waals surface area contributed by atoms with Crippen LogP contribution in [-0.2, 0) is 14.2 Å². The Morgan fingerprint density at radius 2 is 2.00 bits per heavy atom. The molecule has 1 aromatic rings. The molecule has 8 nitrogen and oxygen atoms in total. The van der Waals surface area contributed by atoms with Crippen LogP contribution in [-0.4, -0.2) is 45.6 Å². The summed E-state index contributed by atoms with van der Waals surface area (Å²) in [5.74, 6) is -0.592. The largest absolute Gasteiger partial charge is 0.444 e. The molecule has 0 radical (unpaired) electrons. The Balaban J connectivity index is 2.14. The molecule has 8 heteroatoms. The number of aromatic amines is 1. The smallest absolute Gasteiger partial charge is 0.411 e. The maximum Gasteiger partial charge on any atom is 0.411 e. The molecule has 2 aliphatic heterocycles. The highest BCUT2D eigenvalue weighted by atomic mass is 16.8. The summed E-state index contributed by atoms with van der Waals surface area (Å²) in [5.41, 5.74) is 5.78. The van der Waals surface area contributed by atoms with Gasteiger partial charge in [-0.25, -0.2) is 4.79 Å². The maximum absolute atomic E-state index is 13.2. The number of fused-ring (bicyclic) bond motifs is 1. The molecule has 2 fully saturated rings. The molecule has 1 unspecified atom stereocenters. The van der Waals surface area contributed by atoms with Gasteiger partial charge >= 0.3 is 6.09 Å². The van der Waals surface area contributed by atoms with Gasteiger partial charge in [0.2, 0.25) is 0 Å². The van der Waals surface area contributed by atoms with E-state index in [0.717, 1.165) is 0 Å². The van der Waals surface area contributed by atoms with Gasteiger partial charge in [-0.15, -0.1) is 0 Å². The summed E-state index contributed by atoms with van der Waals surface area (Å²) in [6, 6.07) is 0.683. The SMILES string of the molecule is C=Cc1cc(C2[C@@H]3OC(C)(C)O[C@@H]3[C@@H](CC)N2C(=O)OC(C)(C)C)c(=O)[nH]c1N. The third kappa shape index (κ3) is 3.91. The monoisotopic (exact) mass is 405 g/mol. The Hall–Kier alpha value is -2.32. The van der Waals surface area contributed by atoms with Gasteiger partial charge in [0, 0.05) is 11.1 Å². The van der Waals surface area contributed by atoms with Gasteiger partial charge in [0.1, 0.15) is 23.6 Å². The lowest BCUT2D eigenvalue weighted by Gasteiger charge is -2.35. The third-order valence-corrected chi connectivity index (χ3v) is 5.20. The molecule has 3 rings (SSSR count). The van der Waals surface area contributed by atoms with Gasteiger partial charge in [0.25, 0.3) is 5.56 Å². The topological polar surface area (TPSA) is 107 Å². The number of nitrogen functional groups attached to an aromatic ring is 1. The van der Waals surface area contributed by atoms with E-state index in [1.807, 2.05) is 20.8 Å². The number of hydrogen-bond donors (Lipinski definition) is 2. The van der Waals surface area contributed by atoms with E-state index in [0.29, 0.717) is 17.5 Å². The fourth-order valence-corrected chi connectivity index (χ4v) is 4.17. The number of nitrogens with zero attached hydrogens (tertiary/aromatic N) is 1. The minimum atomic E-state index is -0.817. The first-order valence-corrected chi connectivity index (χ1v) is 9.90. The molecule has 2 saturated heterocycles. The average molecular weight is 405 g/mol. The number of nitrogens with one attached hydrogen (secondary N) is 1. The Labute approximate surface area is 171 Å². The lowest BCUT2D eigenvalue weighted by atomic mass is 10.00. The Kier molecular flexibility index (Phi) is 5.29. The zero-order valence-electron chi connectivity index (χ0n) is 17.9. The van der Waals surface area contributed by atoms with Crippen molar-refractivity contribution in [1.82, 2.24) is 9.88 Å². The van der Waals surface area contributed by atoms with Crippen molar-refractivity contribution in [2.75, 3.05) is 5.73 Å². The molecule has 160 valence electrons. The van der Waals surface area contributed by atoms with Gasteiger partial charge in [-0.1, -0.05) is 19.6 Å². The highest BCUT2D eigenvalue weighted by Gasteiger charge is 2.60. The van der Waals surface area contributed by atoms with Crippen molar-refractivity contribution < 1.29 is 19.0 Å². The molecule has 0 spiro atoms. The highest BCUT2D eigenvalue weighted by Crippen LogP contribution is 2.48. The van der Waals surface area contributed by atoms with Crippen LogP contribution in [0, 0.1) is 0 Å². The number of amides is 1. The normalized spacial score (nSPS) is 28.3. The fraction of sp³-hybridized carbons (Fsp3) is 0.619. The van der Waals surface area contributed by atoms with Gasteiger partial charge < -0.3 is 24.9 Å². The van der Waals surface area contributed by atoms with Crippen LogP contribution in [0.5, 0.6) is 0 Å². The summed E-state index contributed by atoms with van der Waals surface area (Å²) in [5, 5.41) is 0. The second kappa shape index (κ2) is 7.18. The summed E-state index contributed by atoms with van der Waals surface area (Å²) in [6.07, 6.45) is 0.788. The number of carbonyl (C=O) groups is 1. The zero-order chi connectivity index (χ0) is 21.7. The van der Waals surface area contributed by atoms with Gasteiger partial charge in [-0.2, -0.15) is 0 Å². The van der Waals surface area contributed by atoms with Crippen LogP contribution in [0.1, 0.15) is 65.1 Å². The summed E-state index contributed by atoms with van der Waals surface area (Å²) in [6.45, 7) is 14.8. The predicted molar refractivity (Wildman–Crippen MR) is 110 cm³/mol. The molecule has 0 bridgehead atoms. The number of aromatic nitrogens is 1. The summed E-state index contributed by atoms with van der Waals surface area (Å²) in [7, 11) is 0. The van der Waals surface area contributed by atoms with Gasteiger partial charge in [0.15, 0.2) is 5.79 Å².